The van der Waals surface area contributed by atoms with Gasteiger partial charge >= 0.3 is 0 Å². The second kappa shape index (κ2) is 9.00. The van der Waals surface area contributed by atoms with Gasteiger partial charge in [-0.05, 0) is 59.8 Å². The van der Waals surface area contributed by atoms with E-state index in [1.165, 1.54) is 12.8 Å². The van der Waals surface area contributed by atoms with Crippen LogP contribution in [0.4, 0.5) is 0 Å². The molecule has 5 nitrogen and oxygen atoms in total. The number of carbonyl (C=O) groups excluding carboxylic acids is 1. The fraction of sp³-hybridized carbons (Fsp3) is 0.944. The van der Waals surface area contributed by atoms with Crippen LogP contribution in [0, 0.1) is 5.92 Å². The Labute approximate surface area is 142 Å². The van der Waals surface area contributed by atoms with Crippen molar-refractivity contribution in [3.63, 3.8) is 0 Å². The third-order valence-corrected chi connectivity index (χ3v) is 5.62. The zero-order valence-corrected chi connectivity index (χ0v) is 15.6. The summed E-state index contributed by atoms with van der Waals surface area (Å²) in [6, 6.07) is 0.831. The second-order valence-corrected chi connectivity index (χ2v) is 7.46. The predicted octanol–water partition coefficient (Wildman–Crippen LogP) is 1.25. The lowest BCUT2D eigenvalue weighted by Gasteiger charge is -2.44. The number of piperidine rings is 1. The molecular weight excluding hydrogens is 288 g/mol. The number of carbonyl (C=O) groups is 1. The van der Waals surface area contributed by atoms with Gasteiger partial charge in [-0.15, -0.1) is 0 Å². The number of rotatable bonds is 7. The van der Waals surface area contributed by atoms with E-state index >= 15 is 0 Å². The SMILES string of the molecule is CCN(CCN(C)C)C(C)C1CCCCN1C(=O)C1CCNC1. The highest BCUT2D eigenvalue weighted by atomic mass is 16.2. The van der Waals surface area contributed by atoms with Crippen LogP contribution in [0.2, 0.25) is 0 Å². The van der Waals surface area contributed by atoms with Crippen molar-refractivity contribution in [1.82, 2.24) is 20.0 Å². The fourth-order valence-corrected chi connectivity index (χ4v) is 4.05. The Morgan fingerprint density at radius 3 is 2.65 bits per heavy atom. The monoisotopic (exact) mass is 324 g/mol. The van der Waals surface area contributed by atoms with Gasteiger partial charge in [0.2, 0.25) is 5.91 Å². The van der Waals surface area contributed by atoms with Gasteiger partial charge in [-0.2, -0.15) is 0 Å². The van der Waals surface area contributed by atoms with Crippen LogP contribution in [0.15, 0.2) is 0 Å². The number of nitrogens with one attached hydrogen (secondary N) is 1. The van der Waals surface area contributed by atoms with Gasteiger partial charge in [0.25, 0.3) is 0 Å². The van der Waals surface area contributed by atoms with E-state index in [0.29, 0.717) is 18.0 Å². The van der Waals surface area contributed by atoms with Crippen LogP contribution in [-0.2, 0) is 4.79 Å². The van der Waals surface area contributed by atoms with E-state index in [4.69, 9.17) is 0 Å². The van der Waals surface area contributed by atoms with E-state index in [9.17, 15) is 4.79 Å². The van der Waals surface area contributed by atoms with Gasteiger partial charge in [0, 0.05) is 38.3 Å². The van der Waals surface area contributed by atoms with Crippen LogP contribution in [-0.4, -0.2) is 86.1 Å². The normalized spacial score (nSPS) is 27.0. The van der Waals surface area contributed by atoms with E-state index in [-0.39, 0.29) is 5.92 Å². The molecule has 0 bridgehead atoms. The first-order valence-corrected chi connectivity index (χ1v) is 9.44. The van der Waals surface area contributed by atoms with Crippen LogP contribution < -0.4 is 5.32 Å². The summed E-state index contributed by atoms with van der Waals surface area (Å²) in [5.41, 5.74) is 0. The molecular formula is C18H36N4O. The minimum Gasteiger partial charge on any atom is -0.338 e. The highest BCUT2D eigenvalue weighted by Crippen LogP contribution is 2.25. The van der Waals surface area contributed by atoms with E-state index in [1.807, 2.05) is 0 Å². The van der Waals surface area contributed by atoms with Crippen molar-refractivity contribution in [3.05, 3.63) is 0 Å². The Kier molecular flexibility index (Phi) is 7.31. The zero-order chi connectivity index (χ0) is 16.8. The summed E-state index contributed by atoms with van der Waals surface area (Å²) in [6.07, 6.45) is 4.59. The van der Waals surface area contributed by atoms with Gasteiger partial charge < -0.3 is 15.1 Å². The summed E-state index contributed by atoms with van der Waals surface area (Å²) in [6.45, 7) is 10.6. The minimum absolute atomic E-state index is 0.208. The highest BCUT2D eigenvalue weighted by Gasteiger charge is 2.36. The van der Waals surface area contributed by atoms with E-state index in [0.717, 1.165) is 52.1 Å². The first-order valence-electron chi connectivity index (χ1n) is 9.44. The Balaban J connectivity index is 2.01. The molecule has 2 rings (SSSR count). The van der Waals surface area contributed by atoms with Crippen LogP contribution in [0.5, 0.6) is 0 Å². The third kappa shape index (κ3) is 4.91. The van der Waals surface area contributed by atoms with E-state index in [2.05, 4.69) is 48.0 Å². The molecule has 0 aromatic carbocycles. The molecule has 5 heteroatoms. The van der Waals surface area contributed by atoms with E-state index in [1.54, 1.807) is 0 Å². The standard InChI is InChI=1S/C18H36N4O/c1-5-21(13-12-20(3)4)15(2)17-8-6-7-11-22(17)18(23)16-9-10-19-14-16/h15-17,19H,5-14H2,1-4H3. The smallest absolute Gasteiger partial charge is 0.227 e. The molecule has 0 saturated carbocycles. The molecule has 3 unspecified atom stereocenters. The Morgan fingerprint density at radius 1 is 1.26 bits per heavy atom. The molecule has 2 saturated heterocycles. The summed E-state index contributed by atoms with van der Waals surface area (Å²) in [5, 5.41) is 3.34. The number of hydrogen-bond donors (Lipinski definition) is 1. The topological polar surface area (TPSA) is 38.8 Å². The first kappa shape index (κ1) is 18.7. The summed E-state index contributed by atoms with van der Waals surface area (Å²) < 4.78 is 0. The van der Waals surface area contributed by atoms with Crippen molar-refractivity contribution in [2.45, 2.75) is 51.6 Å². The molecule has 134 valence electrons. The average Bonchev–Trinajstić information content (AvgIpc) is 3.08. The molecule has 2 fully saturated rings. The quantitative estimate of drug-likeness (QED) is 0.765. The van der Waals surface area contributed by atoms with E-state index < -0.39 is 0 Å². The van der Waals surface area contributed by atoms with Crippen molar-refractivity contribution in [3.8, 4) is 0 Å². The molecule has 0 aromatic heterocycles. The lowest BCUT2D eigenvalue weighted by molar-refractivity contribution is -0.140. The van der Waals surface area contributed by atoms with Crippen LogP contribution >= 0.6 is 0 Å². The number of likely N-dealkylation sites (tertiary alicyclic amines) is 1. The predicted molar refractivity (Wildman–Crippen MR) is 95.6 cm³/mol. The van der Waals surface area contributed by atoms with Gasteiger partial charge in [0.15, 0.2) is 0 Å². The lowest BCUT2D eigenvalue weighted by Crippen LogP contribution is -2.56. The van der Waals surface area contributed by atoms with Gasteiger partial charge in [0.05, 0.1) is 5.92 Å². The molecule has 1 N–H and O–H groups in total. The number of amides is 1. The largest absolute Gasteiger partial charge is 0.338 e. The number of likely N-dealkylation sites (N-methyl/N-ethyl adjacent to an activating group) is 2. The molecule has 0 aromatic rings. The molecule has 1 amide bonds. The van der Waals surface area contributed by atoms with Crippen molar-refractivity contribution >= 4 is 5.91 Å². The van der Waals surface area contributed by atoms with Crippen molar-refractivity contribution in [1.29, 1.82) is 0 Å². The summed E-state index contributed by atoms with van der Waals surface area (Å²) in [4.78, 5) is 20.0. The van der Waals surface area contributed by atoms with Crippen LogP contribution in [0.25, 0.3) is 0 Å². The molecule has 23 heavy (non-hydrogen) atoms. The van der Waals surface area contributed by atoms with Gasteiger partial charge in [-0.3, -0.25) is 9.69 Å². The molecule has 2 aliphatic heterocycles. The number of hydrogen-bond acceptors (Lipinski definition) is 4. The summed E-state index contributed by atoms with van der Waals surface area (Å²) in [7, 11) is 4.25. The Hall–Kier alpha value is -0.650. The molecule has 3 atom stereocenters. The molecule has 0 aliphatic carbocycles. The van der Waals surface area contributed by atoms with Gasteiger partial charge in [0.1, 0.15) is 0 Å². The molecule has 0 spiro atoms. The van der Waals surface area contributed by atoms with Gasteiger partial charge in [-0.1, -0.05) is 6.92 Å². The lowest BCUT2D eigenvalue weighted by atomic mass is 9.93. The first-order chi connectivity index (χ1) is 11.0. The van der Waals surface area contributed by atoms with Crippen molar-refractivity contribution in [2.75, 3.05) is 53.4 Å². The summed E-state index contributed by atoms with van der Waals surface area (Å²) in [5.74, 6) is 0.606. The average molecular weight is 325 g/mol. The number of nitrogens with zero attached hydrogens (tertiary/aromatic N) is 3. The van der Waals surface area contributed by atoms with Gasteiger partial charge in [-0.25, -0.2) is 0 Å². The highest BCUT2D eigenvalue weighted by molar-refractivity contribution is 5.80. The summed E-state index contributed by atoms with van der Waals surface area (Å²) >= 11 is 0. The maximum absolute atomic E-state index is 13.0. The molecule has 0 radical (unpaired) electrons. The zero-order valence-electron chi connectivity index (χ0n) is 15.6. The van der Waals surface area contributed by atoms with Crippen molar-refractivity contribution in [2.24, 2.45) is 5.92 Å². The van der Waals surface area contributed by atoms with Crippen molar-refractivity contribution < 1.29 is 4.79 Å². The molecule has 2 aliphatic rings. The maximum atomic E-state index is 13.0. The van der Waals surface area contributed by atoms with Crippen LogP contribution in [0.3, 0.4) is 0 Å². The minimum atomic E-state index is 0.208. The second-order valence-electron chi connectivity index (χ2n) is 7.46. The third-order valence-electron chi connectivity index (χ3n) is 5.62. The fourth-order valence-electron chi connectivity index (χ4n) is 4.05. The maximum Gasteiger partial charge on any atom is 0.227 e. The Bertz CT molecular complexity index is 368. The Morgan fingerprint density at radius 2 is 2.04 bits per heavy atom. The van der Waals surface area contributed by atoms with Crippen LogP contribution in [0.1, 0.15) is 39.5 Å². The molecule has 2 heterocycles.